The number of likely N-dealkylation sites (tertiary alicyclic amines) is 1. The molecule has 1 aliphatic rings. The Morgan fingerprint density at radius 3 is 2.45 bits per heavy atom. The first kappa shape index (κ1) is 31.5. The van der Waals surface area contributed by atoms with Crippen molar-refractivity contribution in [3.63, 3.8) is 0 Å². The van der Waals surface area contributed by atoms with Crippen molar-refractivity contribution in [2.45, 2.75) is 57.3 Å². The third-order valence-electron chi connectivity index (χ3n) is 8.12. The number of carbonyl (C=O) groups excluding carboxylic acids is 1. The van der Waals surface area contributed by atoms with Gasteiger partial charge in [-0.2, -0.15) is 0 Å². The molecular weight excluding hydrogens is 573 g/mol. The van der Waals surface area contributed by atoms with E-state index in [0.717, 1.165) is 45.0 Å². The topological polar surface area (TPSA) is 57.2 Å². The Morgan fingerprint density at radius 2 is 1.68 bits per heavy atom. The van der Waals surface area contributed by atoms with Crippen LogP contribution in [0.1, 0.15) is 29.0 Å². The lowest BCUT2D eigenvalue weighted by Crippen LogP contribution is -2.47. The molecule has 6 nitrogen and oxygen atoms in total. The van der Waals surface area contributed by atoms with Gasteiger partial charge < -0.3 is 23.8 Å². The minimum Gasteiger partial charge on any atom is -0.496 e. The normalized spacial score (nSPS) is 17.0. The van der Waals surface area contributed by atoms with Gasteiger partial charge in [-0.3, -0.25) is 0 Å². The summed E-state index contributed by atoms with van der Waals surface area (Å²) < 4.78 is 37.9. The van der Waals surface area contributed by atoms with Crippen molar-refractivity contribution >= 4 is 24.9 Å². The van der Waals surface area contributed by atoms with E-state index in [9.17, 15) is 9.18 Å². The standard InChI is InChI=1S/C36H42FNO5Si/c1-40-33-12-8-6-10-29(33)25-43-34-22-26(21-28-9-5-7-11-31(28)34)24-42-35-23-38(36(39)41-19-20-44(2,3)4)18-17-32(35)27-13-15-30(37)16-14-27/h5-16,21-22,32,35H,17-20,23-25H2,1-4H3. The van der Waals surface area contributed by atoms with Crippen LogP contribution in [0.15, 0.2) is 84.9 Å². The van der Waals surface area contributed by atoms with Crippen molar-refractivity contribution in [3.8, 4) is 11.5 Å². The van der Waals surface area contributed by atoms with Crippen LogP contribution in [0.2, 0.25) is 25.7 Å². The molecule has 0 aromatic heterocycles. The maximum Gasteiger partial charge on any atom is 0.409 e. The van der Waals surface area contributed by atoms with E-state index >= 15 is 0 Å². The van der Waals surface area contributed by atoms with Gasteiger partial charge in [0.25, 0.3) is 0 Å². The highest BCUT2D eigenvalue weighted by Crippen LogP contribution is 2.34. The van der Waals surface area contributed by atoms with Gasteiger partial charge in [-0.05, 0) is 59.3 Å². The molecule has 2 unspecified atom stereocenters. The minimum atomic E-state index is -1.32. The minimum absolute atomic E-state index is 0.0170. The van der Waals surface area contributed by atoms with Gasteiger partial charge >= 0.3 is 6.09 Å². The van der Waals surface area contributed by atoms with Crippen molar-refractivity contribution in [3.05, 3.63) is 107 Å². The number of ether oxygens (including phenoxy) is 4. The van der Waals surface area contributed by atoms with Crippen molar-refractivity contribution < 1.29 is 28.1 Å². The molecule has 0 saturated carbocycles. The third kappa shape index (κ3) is 8.18. The van der Waals surface area contributed by atoms with Crippen LogP contribution in [0, 0.1) is 5.82 Å². The summed E-state index contributed by atoms with van der Waals surface area (Å²) in [5.41, 5.74) is 2.93. The van der Waals surface area contributed by atoms with E-state index in [0.29, 0.717) is 39.3 Å². The summed E-state index contributed by atoms with van der Waals surface area (Å²) in [5.74, 6) is 1.29. The van der Waals surface area contributed by atoms with Crippen LogP contribution in [-0.4, -0.2) is 52.0 Å². The van der Waals surface area contributed by atoms with Crippen molar-refractivity contribution in [1.29, 1.82) is 0 Å². The van der Waals surface area contributed by atoms with Crippen LogP contribution in [0.3, 0.4) is 0 Å². The molecule has 1 saturated heterocycles. The highest BCUT2D eigenvalue weighted by atomic mass is 28.3. The van der Waals surface area contributed by atoms with E-state index < -0.39 is 8.07 Å². The number of fused-ring (bicyclic) bond motifs is 1. The lowest BCUT2D eigenvalue weighted by Gasteiger charge is -2.38. The van der Waals surface area contributed by atoms with Crippen LogP contribution < -0.4 is 9.47 Å². The highest BCUT2D eigenvalue weighted by molar-refractivity contribution is 6.76. The summed E-state index contributed by atoms with van der Waals surface area (Å²) in [5, 5.41) is 2.07. The fourth-order valence-corrected chi connectivity index (χ4v) is 6.31. The summed E-state index contributed by atoms with van der Waals surface area (Å²) in [4.78, 5) is 14.8. The van der Waals surface area contributed by atoms with Gasteiger partial charge in [0.2, 0.25) is 0 Å². The molecule has 232 valence electrons. The number of para-hydroxylation sites is 1. The predicted octanol–water partition coefficient (Wildman–Crippen LogP) is 8.42. The third-order valence-corrected chi connectivity index (χ3v) is 9.82. The second-order valence-electron chi connectivity index (χ2n) is 12.6. The summed E-state index contributed by atoms with van der Waals surface area (Å²) in [6, 6.07) is 27.6. The summed E-state index contributed by atoms with van der Waals surface area (Å²) in [6.07, 6.45) is 0.111. The maximum atomic E-state index is 13.8. The molecule has 44 heavy (non-hydrogen) atoms. The molecule has 4 aromatic rings. The van der Waals surface area contributed by atoms with E-state index in [-0.39, 0.29) is 23.9 Å². The molecular formula is C36H42FNO5Si. The second-order valence-corrected chi connectivity index (χ2v) is 18.2. The quantitative estimate of drug-likeness (QED) is 0.159. The van der Waals surface area contributed by atoms with E-state index in [1.165, 1.54) is 12.1 Å². The zero-order valence-electron chi connectivity index (χ0n) is 26.1. The Balaban J connectivity index is 1.34. The molecule has 5 rings (SSSR count). The molecule has 0 N–H and O–H groups in total. The van der Waals surface area contributed by atoms with Crippen LogP contribution in [-0.2, 0) is 22.7 Å². The summed E-state index contributed by atoms with van der Waals surface area (Å²) in [6.45, 7) is 8.89. The number of nitrogens with zero attached hydrogens (tertiary/aromatic N) is 1. The highest BCUT2D eigenvalue weighted by Gasteiger charge is 2.34. The average molecular weight is 616 g/mol. The van der Waals surface area contributed by atoms with E-state index in [4.69, 9.17) is 18.9 Å². The molecule has 0 aliphatic carbocycles. The molecule has 0 spiro atoms. The lowest BCUT2D eigenvalue weighted by atomic mass is 9.87. The second kappa shape index (κ2) is 14.3. The molecule has 0 bridgehead atoms. The molecule has 1 aliphatic heterocycles. The first-order valence-corrected chi connectivity index (χ1v) is 19.0. The van der Waals surface area contributed by atoms with Gasteiger partial charge in [0.1, 0.15) is 23.9 Å². The fraction of sp³-hybridized carbons (Fsp3) is 0.361. The summed E-state index contributed by atoms with van der Waals surface area (Å²) in [7, 11) is 0.338. The number of halogens is 1. The Labute approximate surface area is 260 Å². The Bertz CT molecular complexity index is 1550. The first-order chi connectivity index (χ1) is 21.2. The fourth-order valence-electron chi connectivity index (χ4n) is 5.60. The zero-order valence-corrected chi connectivity index (χ0v) is 27.1. The number of piperidine rings is 1. The molecule has 0 radical (unpaired) electrons. The molecule has 1 fully saturated rings. The van der Waals surface area contributed by atoms with Crippen molar-refractivity contribution in [2.75, 3.05) is 26.8 Å². The lowest BCUT2D eigenvalue weighted by molar-refractivity contribution is -0.0234. The van der Waals surface area contributed by atoms with Crippen LogP contribution >= 0.6 is 0 Å². The maximum absolute atomic E-state index is 13.8. The predicted molar refractivity (Wildman–Crippen MR) is 175 cm³/mol. The number of rotatable bonds is 11. The monoisotopic (exact) mass is 615 g/mol. The molecule has 2 atom stereocenters. The number of hydrogen-bond donors (Lipinski definition) is 0. The van der Waals surface area contributed by atoms with Crippen LogP contribution in [0.4, 0.5) is 9.18 Å². The van der Waals surface area contributed by atoms with Gasteiger partial charge in [0.15, 0.2) is 0 Å². The Hall–Kier alpha value is -3.88. The number of carbonyl (C=O) groups is 1. The van der Waals surface area contributed by atoms with Gasteiger partial charge in [-0.25, -0.2) is 9.18 Å². The SMILES string of the molecule is COc1ccccc1COc1cc(COC2CN(C(=O)OCC[Si](C)(C)C)CCC2c2ccc(F)cc2)cc2ccccc12. The molecule has 1 heterocycles. The van der Waals surface area contributed by atoms with Crippen molar-refractivity contribution in [1.82, 2.24) is 4.90 Å². The Morgan fingerprint density at radius 1 is 0.932 bits per heavy atom. The van der Waals surface area contributed by atoms with Gasteiger partial charge in [0, 0.05) is 31.5 Å². The summed E-state index contributed by atoms with van der Waals surface area (Å²) >= 11 is 0. The van der Waals surface area contributed by atoms with Crippen LogP contribution in [0.25, 0.3) is 10.8 Å². The van der Waals surface area contributed by atoms with E-state index in [2.05, 4.69) is 37.8 Å². The van der Waals surface area contributed by atoms with Crippen molar-refractivity contribution in [2.24, 2.45) is 0 Å². The number of hydrogen-bond acceptors (Lipinski definition) is 5. The van der Waals surface area contributed by atoms with Crippen LogP contribution in [0.5, 0.6) is 11.5 Å². The number of methoxy groups -OCH3 is 1. The Kier molecular flexibility index (Phi) is 10.2. The largest absolute Gasteiger partial charge is 0.496 e. The van der Waals surface area contributed by atoms with E-state index in [1.807, 2.05) is 54.6 Å². The molecule has 4 aromatic carbocycles. The zero-order chi connectivity index (χ0) is 31.1. The van der Waals surface area contributed by atoms with Gasteiger partial charge in [-0.1, -0.05) is 74.2 Å². The molecule has 8 heteroatoms. The van der Waals surface area contributed by atoms with Gasteiger partial charge in [0.05, 0.1) is 33.0 Å². The number of amides is 1. The first-order valence-electron chi connectivity index (χ1n) is 15.3. The molecule has 1 amide bonds. The smallest absolute Gasteiger partial charge is 0.409 e. The number of benzene rings is 4. The van der Waals surface area contributed by atoms with E-state index in [1.54, 1.807) is 12.0 Å². The van der Waals surface area contributed by atoms with Gasteiger partial charge in [-0.15, -0.1) is 0 Å². The average Bonchev–Trinajstić information content (AvgIpc) is 3.02.